The monoisotopic (exact) mass is 650 g/mol. The second kappa shape index (κ2) is 15.0. The summed E-state index contributed by atoms with van der Waals surface area (Å²) >= 11 is 1.38. The maximum atomic E-state index is 14.2. The van der Waals surface area contributed by atoms with Gasteiger partial charge in [-0.15, -0.1) is 11.3 Å². The van der Waals surface area contributed by atoms with Gasteiger partial charge in [-0.05, 0) is 42.7 Å². The quantitative estimate of drug-likeness (QED) is 0.228. The second-order valence-corrected chi connectivity index (χ2v) is 11.9. The third-order valence-corrected chi connectivity index (χ3v) is 8.53. The van der Waals surface area contributed by atoms with Crippen molar-refractivity contribution in [2.45, 2.75) is 50.7 Å². The topological polar surface area (TPSA) is 114 Å². The Labute approximate surface area is 263 Å². The minimum Gasteiger partial charge on any atom is -0.478 e. The molecule has 4 rings (SSSR count). The maximum absolute atomic E-state index is 14.2. The van der Waals surface area contributed by atoms with Gasteiger partial charge in [-0.2, -0.15) is 13.2 Å². The summed E-state index contributed by atoms with van der Waals surface area (Å²) in [6.45, 7) is 0.151. The van der Waals surface area contributed by atoms with Gasteiger partial charge in [0.15, 0.2) is 5.13 Å². The predicted molar refractivity (Wildman–Crippen MR) is 164 cm³/mol. The SMILES string of the molecule is COCC(COC)N(C(=O)C1CCCCC1)c1ccc(Oc2ncc(Cc3csc(N(C)C)n3)cc2C(F)(F)F)cc1C(=O)O. The van der Waals surface area contributed by atoms with Crippen LogP contribution in [0, 0.1) is 5.92 Å². The number of carboxylic acids is 1. The lowest BCUT2D eigenvalue weighted by Crippen LogP contribution is -2.49. The van der Waals surface area contributed by atoms with Crippen molar-refractivity contribution in [1.29, 1.82) is 0 Å². The van der Waals surface area contributed by atoms with Gasteiger partial charge < -0.3 is 29.1 Å². The lowest BCUT2D eigenvalue weighted by Gasteiger charge is -2.35. The van der Waals surface area contributed by atoms with E-state index >= 15 is 0 Å². The number of aromatic carboxylic acids is 1. The number of carbonyl (C=O) groups is 2. The average Bonchev–Trinajstić information content (AvgIpc) is 3.47. The Hall–Kier alpha value is -3.75. The van der Waals surface area contributed by atoms with Crippen LogP contribution < -0.4 is 14.5 Å². The van der Waals surface area contributed by atoms with Crippen LogP contribution >= 0.6 is 11.3 Å². The number of methoxy groups -OCH3 is 2. The first kappa shape index (κ1) is 34.1. The molecule has 0 unspecified atom stereocenters. The summed E-state index contributed by atoms with van der Waals surface area (Å²) in [6, 6.07) is 4.10. The van der Waals surface area contributed by atoms with Crippen LogP contribution in [0.1, 0.15) is 59.3 Å². The number of hydrogen-bond acceptors (Lipinski definition) is 9. The lowest BCUT2D eigenvalue weighted by molar-refractivity contribution is -0.139. The van der Waals surface area contributed by atoms with Gasteiger partial charge in [0, 0.05) is 52.2 Å². The first-order valence-electron chi connectivity index (χ1n) is 14.5. The first-order chi connectivity index (χ1) is 21.4. The molecule has 45 heavy (non-hydrogen) atoms. The van der Waals surface area contributed by atoms with Gasteiger partial charge in [-0.3, -0.25) is 4.79 Å². The highest BCUT2D eigenvalue weighted by molar-refractivity contribution is 7.13. The van der Waals surface area contributed by atoms with Gasteiger partial charge in [0.1, 0.15) is 11.3 Å². The number of carbonyl (C=O) groups excluding carboxylic acids is 1. The smallest absolute Gasteiger partial charge is 0.421 e. The van der Waals surface area contributed by atoms with Crippen molar-refractivity contribution in [1.82, 2.24) is 9.97 Å². The summed E-state index contributed by atoms with van der Waals surface area (Å²) in [5, 5.41) is 12.7. The minimum absolute atomic E-state index is 0.0734. The van der Waals surface area contributed by atoms with Gasteiger partial charge in [-0.25, -0.2) is 14.8 Å². The van der Waals surface area contributed by atoms with Crippen molar-refractivity contribution in [2.75, 3.05) is 51.3 Å². The predicted octanol–water partition coefficient (Wildman–Crippen LogP) is 6.28. The fraction of sp³-hybridized carbons (Fsp3) is 0.484. The number of hydrogen-bond donors (Lipinski definition) is 1. The Morgan fingerprint density at radius 2 is 1.78 bits per heavy atom. The number of pyridine rings is 1. The molecular weight excluding hydrogens is 613 g/mol. The fourth-order valence-corrected chi connectivity index (χ4v) is 6.12. The highest BCUT2D eigenvalue weighted by atomic mass is 32.1. The van der Waals surface area contributed by atoms with E-state index in [1.807, 2.05) is 19.0 Å². The van der Waals surface area contributed by atoms with Crippen molar-refractivity contribution in [3.63, 3.8) is 0 Å². The average molecular weight is 651 g/mol. The maximum Gasteiger partial charge on any atom is 0.421 e. The van der Waals surface area contributed by atoms with Crippen LogP contribution in [0.4, 0.5) is 24.0 Å². The van der Waals surface area contributed by atoms with E-state index in [1.54, 1.807) is 5.38 Å². The molecule has 1 aliphatic rings. The van der Waals surface area contributed by atoms with E-state index in [0.717, 1.165) is 36.5 Å². The number of amides is 1. The summed E-state index contributed by atoms with van der Waals surface area (Å²) in [5.41, 5.74) is -0.477. The molecule has 0 radical (unpaired) electrons. The van der Waals surface area contributed by atoms with Gasteiger partial charge in [0.25, 0.3) is 0 Å². The van der Waals surface area contributed by atoms with Crippen LogP contribution in [-0.4, -0.2) is 74.5 Å². The van der Waals surface area contributed by atoms with Gasteiger partial charge >= 0.3 is 12.1 Å². The molecule has 0 spiro atoms. The van der Waals surface area contributed by atoms with Crippen LogP contribution in [0.25, 0.3) is 0 Å². The number of thiazole rings is 1. The molecule has 3 aromatic rings. The second-order valence-electron chi connectivity index (χ2n) is 11.1. The molecule has 10 nitrogen and oxygen atoms in total. The Kier molecular flexibility index (Phi) is 11.4. The molecule has 1 aliphatic carbocycles. The van der Waals surface area contributed by atoms with E-state index in [1.165, 1.54) is 48.8 Å². The molecule has 0 aliphatic heterocycles. The Morgan fingerprint density at radius 3 is 2.36 bits per heavy atom. The summed E-state index contributed by atoms with van der Waals surface area (Å²) in [5.74, 6) is -2.85. The van der Waals surface area contributed by atoms with E-state index in [0.29, 0.717) is 18.5 Å². The van der Waals surface area contributed by atoms with E-state index in [9.17, 15) is 27.9 Å². The minimum atomic E-state index is -4.80. The molecule has 14 heteroatoms. The zero-order valence-corrected chi connectivity index (χ0v) is 26.4. The summed E-state index contributed by atoms with van der Waals surface area (Å²) in [7, 11) is 6.58. The first-order valence-corrected chi connectivity index (χ1v) is 15.3. The van der Waals surface area contributed by atoms with Crippen molar-refractivity contribution in [2.24, 2.45) is 5.92 Å². The molecule has 2 heterocycles. The number of benzene rings is 1. The van der Waals surface area contributed by atoms with Gasteiger partial charge in [0.05, 0.1) is 36.2 Å². The molecule has 1 aromatic carbocycles. The summed E-state index contributed by atoms with van der Waals surface area (Å²) in [6.07, 6.45) is 0.741. The van der Waals surface area contributed by atoms with Crippen molar-refractivity contribution >= 4 is 34.0 Å². The number of aromatic nitrogens is 2. The summed E-state index contributed by atoms with van der Waals surface area (Å²) in [4.78, 5) is 37.9. The molecule has 0 saturated heterocycles. The number of alkyl halides is 3. The highest BCUT2D eigenvalue weighted by Crippen LogP contribution is 2.39. The third kappa shape index (κ3) is 8.50. The molecule has 2 aromatic heterocycles. The molecule has 0 bridgehead atoms. The van der Waals surface area contributed by atoms with E-state index in [2.05, 4.69) is 9.97 Å². The fourth-order valence-electron chi connectivity index (χ4n) is 5.36. The van der Waals surface area contributed by atoms with E-state index < -0.39 is 29.6 Å². The van der Waals surface area contributed by atoms with E-state index in [4.69, 9.17) is 14.2 Å². The van der Waals surface area contributed by atoms with Crippen molar-refractivity contribution < 1.29 is 42.1 Å². The summed E-state index contributed by atoms with van der Waals surface area (Å²) < 4.78 is 58.7. The van der Waals surface area contributed by atoms with E-state index in [-0.39, 0.29) is 54.0 Å². The van der Waals surface area contributed by atoms with Crippen molar-refractivity contribution in [3.05, 3.63) is 58.2 Å². The largest absolute Gasteiger partial charge is 0.478 e. The van der Waals surface area contributed by atoms with Crippen LogP contribution in [0.15, 0.2) is 35.8 Å². The Balaban J connectivity index is 1.69. The lowest BCUT2D eigenvalue weighted by atomic mass is 9.87. The number of rotatable bonds is 13. The van der Waals surface area contributed by atoms with Crippen molar-refractivity contribution in [3.8, 4) is 11.6 Å². The third-order valence-electron chi connectivity index (χ3n) is 7.47. The zero-order chi connectivity index (χ0) is 32.7. The van der Waals surface area contributed by atoms with Gasteiger partial charge in [0.2, 0.25) is 11.8 Å². The molecular formula is C31H37F3N4O6S. The number of ether oxygens (including phenoxy) is 3. The van der Waals surface area contributed by atoms with Crippen LogP contribution in [0.5, 0.6) is 11.6 Å². The number of anilines is 2. The number of carboxylic acid groups (broad SMARTS) is 1. The Morgan fingerprint density at radius 1 is 1.09 bits per heavy atom. The van der Waals surface area contributed by atoms with Crippen LogP contribution in [-0.2, 0) is 26.9 Å². The molecule has 1 saturated carbocycles. The molecule has 1 amide bonds. The molecule has 0 atom stereocenters. The number of nitrogens with zero attached hydrogens (tertiary/aromatic N) is 4. The van der Waals surface area contributed by atoms with Crippen LogP contribution in [0.2, 0.25) is 0 Å². The zero-order valence-electron chi connectivity index (χ0n) is 25.6. The van der Waals surface area contributed by atoms with Crippen LogP contribution in [0.3, 0.4) is 0 Å². The molecule has 1 N–H and O–H groups in total. The Bertz CT molecular complexity index is 1470. The number of halogens is 3. The molecule has 244 valence electrons. The molecule has 1 fully saturated rings. The normalized spacial score (nSPS) is 14.0. The highest BCUT2D eigenvalue weighted by Gasteiger charge is 2.37. The van der Waals surface area contributed by atoms with Gasteiger partial charge in [-0.1, -0.05) is 19.3 Å². The standard InChI is InChI=1S/C31H37F3N4O6S/c1-37(2)30-36-21(18-45-30)12-19-13-25(31(32,33)34)27(35-15-19)44-23-10-11-26(24(14-23)29(40)41)38(22(16-42-3)17-43-4)28(39)20-8-6-5-7-9-20/h10-11,13-15,18,20,22H,5-9,12,16-17H2,1-4H3,(H,40,41).